The molecule has 1 fully saturated rings. The summed E-state index contributed by atoms with van der Waals surface area (Å²) in [5.74, 6) is 2.23. The van der Waals surface area contributed by atoms with Crippen LogP contribution in [0.1, 0.15) is 19.8 Å². The van der Waals surface area contributed by atoms with Gasteiger partial charge in [0.05, 0.1) is 18.2 Å². The van der Waals surface area contributed by atoms with E-state index in [2.05, 4.69) is 21.9 Å². The van der Waals surface area contributed by atoms with Crippen LogP contribution in [0.15, 0.2) is 30.7 Å². The van der Waals surface area contributed by atoms with E-state index in [9.17, 15) is 0 Å². The zero-order valence-electron chi connectivity index (χ0n) is 15.3. The Morgan fingerprint density at radius 3 is 2.88 bits per heavy atom. The van der Waals surface area contributed by atoms with Crippen molar-refractivity contribution in [1.82, 2.24) is 24.7 Å². The van der Waals surface area contributed by atoms with Crippen molar-refractivity contribution >= 4 is 16.9 Å². The normalized spacial score (nSPS) is 17.3. The summed E-state index contributed by atoms with van der Waals surface area (Å²) in [6.07, 6.45) is 7.58. The third kappa shape index (κ3) is 3.26. The summed E-state index contributed by atoms with van der Waals surface area (Å²) in [6.45, 7) is 5.74. The van der Waals surface area contributed by atoms with Crippen molar-refractivity contribution in [2.24, 2.45) is 13.0 Å². The molecule has 0 aromatic carbocycles. The Hall–Kier alpha value is -2.54. The number of rotatable bonds is 6. The summed E-state index contributed by atoms with van der Waals surface area (Å²) >= 11 is 0. The summed E-state index contributed by atoms with van der Waals surface area (Å²) < 4.78 is 7.56. The number of fused-ring (bicyclic) bond motifs is 1. The highest BCUT2D eigenvalue weighted by atomic mass is 16.5. The van der Waals surface area contributed by atoms with Gasteiger partial charge in [-0.3, -0.25) is 9.67 Å². The molecular formula is C19H24N6O. The Morgan fingerprint density at radius 1 is 1.23 bits per heavy atom. The first-order valence-corrected chi connectivity index (χ1v) is 9.19. The van der Waals surface area contributed by atoms with Gasteiger partial charge in [-0.15, -0.1) is 0 Å². The van der Waals surface area contributed by atoms with E-state index < -0.39 is 0 Å². The second-order valence-electron chi connectivity index (χ2n) is 6.79. The molecule has 0 saturated carbocycles. The summed E-state index contributed by atoms with van der Waals surface area (Å²) in [7, 11) is 1.92. The molecule has 0 amide bonds. The maximum atomic E-state index is 5.75. The number of anilines is 1. The quantitative estimate of drug-likeness (QED) is 0.635. The predicted octanol–water partition coefficient (Wildman–Crippen LogP) is 2.68. The molecule has 136 valence electrons. The van der Waals surface area contributed by atoms with Crippen molar-refractivity contribution in [2.75, 3.05) is 31.2 Å². The van der Waals surface area contributed by atoms with E-state index >= 15 is 0 Å². The van der Waals surface area contributed by atoms with Gasteiger partial charge in [0.1, 0.15) is 5.82 Å². The number of pyridine rings is 1. The Kier molecular flexibility index (Phi) is 4.79. The van der Waals surface area contributed by atoms with Crippen LogP contribution >= 0.6 is 0 Å². The molecule has 0 spiro atoms. The molecule has 4 heterocycles. The van der Waals surface area contributed by atoms with Gasteiger partial charge >= 0.3 is 0 Å². The van der Waals surface area contributed by atoms with E-state index in [4.69, 9.17) is 14.7 Å². The molecule has 1 aliphatic heterocycles. The van der Waals surface area contributed by atoms with Crippen molar-refractivity contribution in [3.63, 3.8) is 0 Å². The van der Waals surface area contributed by atoms with Crippen LogP contribution in [0, 0.1) is 5.92 Å². The number of aromatic nitrogens is 5. The fourth-order valence-electron chi connectivity index (χ4n) is 3.43. The van der Waals surface area contributed by atoms with Crippen molar-refractivity contribution in [2.45, 2.75) is 19.8 Å². The van der Waals surface area contributed by atoms with E-state index in [-0.39, 0.29) is 0 Å². The minimum absolute atomic E-state index is 0.549. The van der Waals surface area contributed by atoms with Gasteiger partial charge in [-0.25, -0.2) is 9.97 Å². The van der Waals surface area contributed by atoms with E-state index in [0.29, 0.717) is 11.7 Å². The van der Waals surface area contributed by atoms with Gasteiger partial charge in [-0.05, 0) is 25.0 Å². The van der Waals surface area contributed by atoms with Crippen LogP contribution in [0.5, 0.6) is 0 Å². The Morgan fingerprint density at radius 2 is 2.08 bits per heavy atom. The van der Waals surface area contributed by atoms with Crippen LogP contribution in [0.25, 0.3) is 22.4 Å². The van der Waals surface area contributed by atoms with Crippen molar-refractivity contribution in [3.05, 3.63) is 30.7 Å². The Bertz CT molecular complexity index is 878. The average molecular weight is 352 g/mol. The second kappa shape index (κ2) is 7.37. The van der Waals surface area contributed by atoms with Gasteiger partial charge in [-0.2, -0.15) is 5.10 Å². The third-order valence-electron chi connectivity index (χ3n) is 4.80. The van der Waals surface area contributed by atoms with Crippen LogP contribution in [0.4, 0.5) is 5.82 Å². The number of hydrogen-bond donors (Lipinski definition) is 0. The van der Waals surface area contributed by atoms with Gasteiger partial charge in [0.25, 0.3) is 0 Å². The fourth-order valence-corrected chi connectivity index (χ4v) is 3.43. The summed E-state index contributed by atoms with van der Waals surface area (Å²) in [4.78, 5) is 16.0. The van der Waals surface area contributed by atoms with Gasteiger partial charge in [0, 0.05) is 50.6 Å². The van der Waals surface area contributed by atoms with Gasteiger partial charge < -0.3 is 9.64 Å². The zero-order valence-corrected chi connectivity index (χ0v) is 15.3. The SMILES string of the molecule is CCCOC[C@@H]1CCN(c2nc(-c3ccncc3)nc3c2cnn3C)C1. The molecule has 3 aromatic heterocycles. The lowest BCUT2D eigenvalue weighted by molar-refractivity contribution is 0.106. The number of hydrogen-bond acceptors (Lipinski definition) is 6. The number of nitrogens with zero attached hydrogens (tertiary/aromatic N) is 6. The number of ether oxygens (including phenoxy) is 1. The maximum Gasteiger partial charge on any atom is 0.164 e. The van der Waals surface area contributed by atoms with E-state index in [1.165, 1.54) is 0 Å². The number of aryl methyl sites for hydroxylation is 1. The molecule has 1 aliphatic rings. The molecule has 0 radical (unpaired) electrons. The predicted molar refractivity (Wildman–Crippen MR) is 101 cm³/mol. The summed E-state index contributed by atoms with van der Waals surface area (Å²) in [5, 5.41) is 5.39. The Labute approximate surface area is 153 Å². The molecule has 0 bridgehead atoms. The molecule has 3 aromatic rings. The lowest BCUT2D eigenvalue weighted by atomic mass is 10.1. The lowest BCUT2D eigenvalue weighted by Crippen LogP contribution is -2.23. The molecule has 1 atom stereocenters. The standard InChI is InChI=1S/C19H24N6O/c1-3-10-26-13-14-6-9-25(12-14)19-16-11-21-24(2)18(16)22-17(23-19)15-4-7-20-8-5-15/h4-5,7-8,11,14H,3,6,9-10,12-13H2,1-2H3/t14-/m1/s1. The topological polar surface area (TPSA) is 69.0 Å². The van der Waals surface area contributed by atoms with Crippen LogP contribution < -0.4 is 4.90 Å². The monoisotopic (exact) mass is 352 g/mol. The maximum absolute atomic E-state index is 5.75. The van der Waals surface area contributed by atoms with Crippen LogP contribution in [-0.2, 0) is 11.8 Å². The first-order valence-electron chi connectivity index (χ1n) is 9.19. The second-order valence-corrected chi connectivity index (χ2v) is 6.79. The molecule has 0 N–H and O–H groups in total. The van der Waals surface area contributed by atoms with E-state index in [0.717, 1.165) is 61.6 Å². The lowest BCUT2D eigenvalue weighted by Gasteiger charge is -2.19. The van der Waals surface area contributed by atoms with Crippen molar-refractivity contribution in [1.29, 1.82) is 0 Å². The minimum atomic E-state index is 0.549. The molecule has 26 heavy (non-hydrogen) atoms. The van der Waals surface area contributed by atoms with Gasteiger partial charge in [0.2, 0.25) is 0 Å². The van der Waals surface area contributed by atoms with Gasteiger partial charge in [-0.1, -0.05) is 6.92 Å². The largest absolute Gasteiger partial charge is 0.381 e. The minimum Gasteiger partial charge on any atom is -0.381 e. The van der Waals surface area contributed by atoms with Gasteiger partial charge in [0.15, 0.2) is 11.5 Å². The fraction of sp³-hybridized carbons (Fsp3) is 0.474. The zero-order chi connectivity index (χ0) is 17.9. The molecule has 0 unspecified atom stereocenters. The van der Waals surface area contributed by atoms with Crippen LogP contribution in [0.2, 0.25) is 0 Å². The first kappa shape index (κ1) is 16.9. The first-order chi connectivity index (χ1) is 12.8. The summed E-state index contributed by atoms with van der Waals surface area (Å²) in [5.41, 5.74) is 1.82. The molecule has 1 saturated heterocycles. The third-order valence-corrected chi connectivity index (χ3v) is 4.80. The van der Waals surface area contributed by atoms with Crippen molar-refractivity contribution in [3.8, 4) is 11.4 Å². The van der Waals surface area contributed by atoms with Crippen LogP contribution in [0.3, 0.4) is 0 Å². The highest BCUT2D eigenvalue weighted by Gasteiger charge is 2.26. The highest BCUT2D eigenvalue weighted by Crippen LogP contribution is 2.30. The molecule has 7 heteroatoms. The van der Waals surface area contributed by atoms with E-state index in [1.807, 2.05) is 30.1 Å². The molecule has 7 nitrogen and oxygen atoms in total. The molecule has 0 aliphatic carbocycles. The average Bonchev–Trinajstić information content (AvgIpc) is 3.29. The highest BCUT2D eigenvalue weighted by molar-refractivity contribution is 5.88. The Balaban J connectivity index is 1.66. The smallest absolute Gasteiger partial charge is 0.164 e. The van der Waals surface area contributed by atoms with Crippen molar-refractivity contribution < 1.29 is 4.74 Å². The van der Waals surface area contributed by atoms with Crippen LogP contribution in [-0.4, -0.2) is 51.0 Å². The molecule has 4 rings (SSSR count). The summed E-state index contributed by atoms with van der Waals surface area (Å²) in [6, 6.07) is 3.87. The van der Waals surface area contributed by atoms with E-state index in [1.54, 1.807) is 12.4 Å². The molecular weight excluding hydrogens is 328 g/mol.